The molecule has 0 saturated carbocycles. The average Bonchev–Trinajstić information content (AvgIpc) is 3.25. The fourth-order valence-electron chi connectivity index (χ4n) is 3.42. The molecule has 4 rings (SSSR count). The number of hydrogen-bond acceptors (Lipinski definition) is 3. The minimum atomic E-state index is 0.0681. The van der Waals surface area contributed by atoms with Crippen molar-refractivity contribution < 1.29 is 9.53 Å². The summed E-state index contributed by atoms with van der Waals surface area (Å²) < 4.78 is 6.55. The van der Waals surface area contributed by atoms with E-state index in [0.29, 0.717) is 23.1 Å². The van der Waals surface area contributed by atoms with Crippen LogP contribution in [0.3, 0.4) is 0 Å². The van der Waals surface area contributed by atoms with E-state index >= 15 is 0 Å². The standard InChI is InChI=1S/C22H20BrClN2O2/c23-20-14-18(21-25-9-12-28-21)2-1-17(20)13-15-7-10-26(11-8-15)22(27)16-3-5-19(24)6-4-16/h1-6,13-14H,7-12H2. The van der Waals surface area contributed by atoms with E-state index in [1.54, 1.807) is 24.3 Å². The van der Waals surface area contributed by atoms with Gasteiger partial charge in [-0.05, 0) is 54.8 Å². The Hall–Kier alpha value is -2.11. The number of benzene rings is 2. The van der Waals surface area contributed by atoms with E-state index in [0.717, 1.165) is 48.1 Å². The van der Waals surface area contributed by atoms with Crippen LogP contribution in [0, 0.1) is 0 Å². The minimum Gasteiger partial charge on any atom is -0.476 e. The summed E-state index contributed by atoms with van der Waals surface area (Å²) >= 11 is 9.57. The molecule has 6 heteroatoms. The Kier molecular flexibility index (Phi) is 5.83. The molecule has 0 atom stereocenters. The predicted molar refractivity (Wildman–Crippen MR) is 116 cm³/mol. The van der Waals surface area contributed by atoms with E-state index in [2.05, 4.69) is 39.1 Å². The molecule has 2 aliphatic heterocycles. The van der Waals surface area contributed by atoms with Crippen molar-refractivity contribution in [3.8, 4) is 0 Å². The Morgan fingerprint density at radius 3 is 2.54 bits per heavy atom. The maximum absolute atomic E-state index is 12.6. The van der Waals surface area contributed by atoms with Crippen LogP contribution in [0.2, 0.25) is 5.02 Å². The first-order valence-electron chi connectivity index (χ1n) is 9.31. The number of rotatable bonds is 3. The van der Waals surface area contributed by atoms with Crippen LogP contribution in [-0.4, -0.2) is 42.9 Å². The molecule has 0 radical (unpaired) electrons. The Labute approximate surface area is 178 Å². The fraction of sp³-hybridized carbons (Fsp3) is 0.273. The Morgan fingerprint density at radius 2 is 1.89 bits per heavy atom. The van der Waals surface area contributed by atoms with Crippen molar-refractivity contribution in [3.63, 3.8) is 0 Å². The number of piperidine rings is 1. The molecule has 0 aromatic heterocycles. The van der Waals surface area contributed by atoms with E-state index < -0.39 is 0 Å². The van der Waals surface area contributed by atoms with Crippen molar-refractivity contribution in [2.24, 2.45) is 4.99 Å². The molecule has 1 saturated heterocycles. The largest absolute Gasteiger partial charge is 0.476 e. The number of nitrogens with zero attached hydrogens (tertiary/aromatic N) is 2. The highest BCUT2D eigenvalue weighted by Gasteiger charge is 2.20. The number of carbonyl (C=O) groups is 1. The summed E-state index contributed by atoms with van der Waals surface area (Å²) in [6.07, 6.45) is 3.97. The number of ether oxygens (including phenoxy) is 1. The van der Waals surface area contributed by atoms with E-state index in [-0.39, 0.29) is 5.91 Å². The second-order valence-corrected chi connectivity index (χ2v) is 8.16. The Balaban J connectivity index is 1.41. The SMILES string of the molecule is O=C(c1ccc(Cl)cc1)N1CCC(=Cc2ccc(C3=NCCO3)cc2Br)CC1. The third-order valence-corrected chi connectivity index (χ3v) is 5.92. The van der Waals surface area contributed by atoms with E-state index in [9.17, 15) is 4.79 Å². The lowest BCUT2D eigenvalue weighted by molar-refractivity contribution is 0.0744. The molecule has 28 heavy (non-hydrogen) atoms. The van der Waals surface area contributed by atoms with Gasteiger partial charge in [-0.2, -0.15) is 0 Å². The van der Waals surface area contributed by atoms with E-state index in [1.807, 2.05) is 11.0 Å². The minimum absolute atomic E-state index is 0.0681. The van der Waals surface area contributed by atoms with Crippen molar-refractivity contribution >= 4 is 45.4 Å². The molecular weight excluding hydrogens is 440 g/mol. The van der Waals surface area contributed by atoms with Gasteiger partial charge in [0.25, 0.3) is 5.91 Å². The second-order valence-electron chi connectivity index (χ2n) is 6.87. The third-order valence-electron chi connectivity index (χ3n) is 4.98. The van der Waals surface area contributed by atoms with Crippen molar-refractivity contribution in [1.29, 1.82) is 0 Å². The summed E-state index contributed by atoms with van der Waals surface area (Å²) in [5.74, 6) is 0.785. The summed E-state index contributed by atoms with van der Waals surface area (Å²) in [6, 6.07) is 13.3. The molecule has 4 nitrogen and oxygen atoms in total. The van der Waals surface area contributed by atoms with Crippen LogP contribution in [0.25, 0.3) is 6.08 Å². The highest BCUT2D eigenvalue weighted by molar-refractivity contribution is 9.10. The molecule has 144 valence electrons. The van der Waals surface area contributed by atoms with Crippen LogP contribution in [-0.2, 0) is 4.74 Å². The first kappa shape index (κ1) is 19.2. The zero-order valence-corrected chi connectivity index (χ0v) is 17.7. The molecule has 0 aliphatic carbocycles. The van der Waals surface area contributed by atoms with E-state index in [4.69, 9.17) is 16.3 Å². The molecule has 0 unspecified atom stereocenters. The van der Waals surface area contributed by atoms with Gasteiger partial charge in [0.1, 0.15) is 6.61 Å². The molecule has 0 spiro atoms. The molecule has 0 N–H and O–H groups in total. The monoisotopic (exact) mass is 458 g/mol. The lowest BCUT2D eigenvalue weighted by Gasteiger charge is -2.28. The molecule has 2 aliphatic rings. The van der Waals surface area contributed by atoms with Gasteiger partial charge < -0.3 is 9.64 Å². The fourth-order valence-corrected chi connectivity index (χ4v) is 4.04. The summed E-state index contributed by atoms with van der Waals surface area (Å²) in [6.45, 7) is 2.84. The number of hydrogen-bond donors (Lipinski definition) is 0. The second kappa shape index (κ2) is 8.50. The van der Waals surface area contributed by atoms with Gasteiger partial charge in [0.05, 0.1) is 6.54 Å². The number of amides is 1. The Bertz CT molecular complexity index is 944. The van der Waals surface area contributed by atoms with Crippen LogP contribution >= 0.6 is 27.5 Å². The van der Waals surface area contributed by atoms with Gasteiger partial charge in [-0.1, -0.05) is 45.2 Å². The maximum Gasteiger partial charge on any atom is 0.253 e. The highest BCUT2D eigenvalue weighted by atomic mass is 79.9. The molecule has 2 aromatic carbocycles. The first-order valence-corrected chi connectivity index (χ1v) is 10.5. The van der Waals surface area contributed by atoms with Gasteiger partial charge >= 0.3 is 0 Å². The lowest BCUT2D eigenvalue weighted by atomic mass is 9.99. The van der Waals surface area contributed by atoms with Crippen molar-refractivity contribution in [1.82, 2.24) is 4.90 Å². The van der Waals surface area contributed by atoms with Crippen LogP contribution in [0.4, 0.5) is 0 Å². The molecule has 2 aromatic rings. The number of carbonyl (C=O) groups excluding carboxylic acids is 1. The van der Waals surface area contributed by atoms with Crippen LogP contribution < -0.4 is 0 Å². The smallest absolute Gasteiger partial charge is 0.253 e. The van der Waals surface area contributed by atoms with Crippen molar-refractivity contribution in [3.05, 3.63) is 74.2 Å². The summed E-state index contributed by atoms with van der Waals surface area (Å²) in [4.78, 5) is 18.9. The molecular formula is C22H20BrClN2O2. The van der Waals surface area contributed by atoms with Crippen molar-refractivity contribution in [2.45, 2.75) is 12.8 Å². The summed E-state index contributed by atoms with van der Waals surface area (Å²) in [5, 5.41) is 0.642. The van der Waals surface area contributed by atoms with Gasteiger partial charge in [-0.3, -0.25) is 4.79 Å². The van der Waals surface area contributed by atoms with Gasteiger partial charge in [-0.15, -0.1) is 0 Å². The first-order chi connectivity index (χ1) is 13.6. The topological polar surface area (TPSA) is 41.9 Å². The van der Waals surface area contributed by atoms with Crippen LogP contribution in [0.5, 0.6) is 0 Å². The third kappa shape index (κ3) is 4.31. The van der Waals surface area contributed by atoms with Gasteiger partial charge in [0, 0.05) is 33.7 Å². The summed E-state index contributed by atoms with van der Waals surface area (Å²) in [7, 11) is 0. The normalized spacial score (nSPS) is 16.6. The predicted octanol–water partition coefficient (Wildman–Crippen LogP) is 5.20. The molecule has 2 heterocycles. The number of likely N-dealkylation sites (tertiary alicyclic amines) is 1. The number of halogens is 2. The van der Waals surface area contributed by atoms with Crippen LogP contribution in [0.15, 0.2) is 57.5 Å². The Morgan fingerprint density at radius 1 is 1.14 bits per heavy atom. The van der Waals surface area contributed by atoms with Gasteiger partial charge in [0.2, 0.25) is 5.90 Å². The maximum atomic E-state index is 12.6. The average molecular weight is 460 g/mol. The zero-order valence-electron chi connectivity index (χ0n) is 15.3. The quantitative estimate of drug-likeness (QED) is 0.633. The zero-order chi connectivity index (χ0) is 19.5. The van der Waals surface area contributed by atoms with Crippen LogP contribution in [0.1, 0.15) is 34.3 Å². The summed E-state index contributed by atoms with van der Waals surface area (Å²) in [5.41, 5.74) is 4.17. The highest BCUT2D eigenvalue weighted by Crippen LogP contribution is 2.26. The molecule has 0 bridgehead atoms. The van der Waals surface area contributed by atoms with E-state index in [1.165, 1.54) is 5.57 Å². The molecule has 1 amide bonds. The van der Waals surface area contributed by atoms with Crippen molar-refractivity contribution in [2.75, 3.05) is 26.2 Å². The number of aliphatic imine (C=N–C) groups is 1. The van der Waals surface area contributed by atoms with Gasteiger partial charge in [-0.25, -0.2) is 4.99 Å². The van der Waals surface area contributed by atoms with Gasteiger partial charge in [0.15, 0.2) is 0 Å². The lowest BCUT2D eigenvalue weighted by Crippen LogP contribution is -2.36. The molecule has 1 fully saturated rings.